The van der Waals surface area contributed by atoms with Crippen molar-refractivity contribution in [3.63, 3.8) is 0 Å². The summed E-state index contributed by atoms with van der Waals surface area (Å²) in [6.07, 6.45) is 4.75. The lowest BCUT2D eigenvalue weighted by Gasteiger charge is -2.39. The van der Waals surface area contributed by atoms with Gasteiger partial charge in [-0.05, 0) is 50.6 Å². The number of aromatic nitrogens is 4. The summed E-state index contributed by atoms with van der Waals surface area (Å²) in [5.41, 5.74) is 3.30. The van der Waals surface area contributed by atoms with Gasteiger partial charge in [-0.3, -0.25) is 14.5 Å². The molecule has 47 heavy (non-hydrogen) atoms. The Morgan fingerprint density at radius 1 is 1.17 bits per heavy atom. The average Bonchev–Trinajstić information content (AvgIpc) is 3.85. The van der Waals surface area contributed by atoms with Gasteiger partial charge in [0.1, 0.15) is 27.5 Å². The van der Waals surface area contributed by atoms with E-state index in [1.807, 2.05) is 30.4 Å². The second-order valence-corrected chi connectivity index (χ2v) is 14.0. The Morgan fingerprint density at radius 2 is 1.94 bits per heavy atom. The van der Waals surface area contributed by atoms with Crippen molar-refractivity contribution in [1.29, 1.82) is 5.26 Å². The van der Waals surface area contributed by atoms with Gasteiger partial charge >= 0.3 is 5.97 Å². The normalized spacial score (nSPS) is 19.2. The van der Waals surface area contributed by atoms with Crippen LogP contribution in [0.15, 0.2) is 36.0 Å². The maximum absolute atomic E-state index is 13.6. The van der Waals surface area contributed by atoms with Crippen molar-refractivity contribution in [3.8, 4) is 17.3 Å². The van der Waals surface area contributed by atoms with Gasteiger partial charge in [-0.1, -0.05) is 35.7 Å². The van der Waals surface area contributed by atoms with Crippen LogP contribution >= 0.6 is 22.7 Å². The van der Waals surface area contributed by atoms with Gasteiger partial charge < -0.3 is 19.4 Å². The fraction of sp³-hybridized carbons (Fsp3) is 0.438. The van der Waals surface area contributed by atoms with Crippen molar-refractivity contribution in [2.75, 3.05) is 52.3 Å². The first-order valence-corrected chi connectivity index (χ1v) is 17.1. The lowest BCUT2D eigenvalue weighted by atomic mass is 10.0. The van der Waals surface area contributed by atoms with Crippen molar-refractivity contribution in [2.24, 2.45) is 5.92 Å². The number of likely N-dealkylation sites (N-methyl/N-ethyl adjacent to an activating group) is 1. The Kier molecular flexibility index (Phi) is 8.19. The number of ether oxygens (including phenoxy) is 1. The molecular formula is C32H34FN9O3S2. The zero-order valence-electron chi connectivity index (χ0n) is 26.5. The molecule has 4 aromatic rings. The number of carbonyl (C=O) groups is 2. The number of thiazole rings is 1. The van der Waals surface area contributed by atoms with Crippen LogP contribution in [0.3, 0.4) is 0 Å². The molecular weight excluding hydrogens is 642 g/mol. The quantitative estimate of drug-likeness (QED) is 0.238. The van der Waals surface area contributed by atoms with Gasteiger partial charge in [-0.2, -0.15) is 14.9 Å². The van der Waals surface area contributed by atoms with E-state index in [9.17, 15) is 19.2 Å². The molecule has 0 spiro atoms. The lowest BCUT2D eigenvalue weighted by Crippen LogP contribution is -2.56. The topological polar surface area (TPSA) is 123 Å². The number of nitriles is 1. The third-order valence-corrected chi connectivity index (χ3v) is 11.3. The maximum atomic E-state index is 13.6. The number of carbonyl (C=O) groups excluding carboxylic acids is 2. The molecule has 0 N–H and O–H groups in total. The predicted octanol–water partition coefficient (Wildman–Crippen LogP) is 4.22. The molecule has 1 amide bonds. The van der Waals surface area contributed by atoms with Crippen LogP contribution < -0.4 is 4.90 Å². The number of esters is 1. The number of anilines is 2. The minimum Gasteiger partial charge on any atom is -0.469 e. The number of halogens is 1. The molecule has 2 saturated heterocycles. The highest BCUT2D eigenvalue weighted by atomic mass is 32.1. The first kappa shape index (κ1) is 31.2. The number of rotatable bonds is 9. The van der Waals surface area contributed by atoms with E-state index in [0.717, 1.165) is 40.9 Å². The number of imidazole rings is 1. The number of benzene rings is 1. The third kappa shape index (κ3) is 5.43. The highest BCUT2D eigenvalue weighted by Crippen LogP contribution is 2.46. The number of amides is 1. The van der Waals surface area contributed by atoms with E-state index in [2.05, 4.69) is 21.9 Å². The molecule has 7 rings (SSSR count). The lowest BCUT2D eigenvalue weighted by molar-refractivity contribution is -0.156. The van der Waals surface area contributed by atoms with Gasteiger partial charge in [0.25, 0.3) is 0 Å². The maximum Gasteiger partial charge on any atom is 0.312 e. The van der Waals surface area contributed by atoms with Crippen molar-refractivity contribution in [2.45, 2.75) is 38.3 Å². The summed E-state index contributed by atoms with van der Waals surface area (Å²) in [5.74, 6) is 0.0237. The first-order chi connectivity index (χ1) is 22.7. The molecule has 2 atom stereocenters. The standard InChI is InChI=1S/C32H34FN9O3S2/c1-5-22-29(39(3)31-36-27(24(14-34)46-31)18-8-10-20(33)11-9-18)42-32(35-22)47-28(37-42)21-13-25(41-12-6-7-23(21)41)38(2)17-26(43)40-15-19(16-40)30(44)45-4/h7-11,19,21,25H,5-6,12-13,15-17H2,1-4H3/t21-,25?/m1/s1. The highest BCUT2D eigenvalue weighted by Gasteiger charge is 2.44. The van der Waals surface area contributed by atoms with E-state index >= 15 is 0 Å². The molecule has 1 aromatic carbocycles. The van der Waals surface area contributed by atoms with Gasteiger partial charge in [0.05, 0.1) is 37.4 Å². The number of fused-ring (bicyclic) bond motifs is 2. The molecule has 15 heteroatoms. The molecule has 2 fully saturated rings. The zero-order chi connectivity index (χ0) is 33.0. The average molecular weight is 676 g/mol. The molecule has 3 aromatic heterocycles. The zero-order valence-corrected chi connectivity index (χ0v) is 28.1. The number of nitrogens with zero attached hydrogens (tertiary/aromatic N) is 9. The van der Waals surface area contributed by atoms with Gasteiger partial charge in [0.2, 0.25) is 10.9 Å². The summed E-state index contributed by atoms with van der Waals surface area (Å²) in [6.45, 7) is 4.02. The summed E-state index contributed by atoms with van der Waals surface area (Å²) >= 11 is 2.85. The van der Waals surface area contributed by atoms with Crippen LogP contribution in [-0.4, -0.2) is 99.7 Å². The van der Waals surface area contributed by atoms with Crippen LogP contribution in [0.2, 0.25) is 0 Å². The summed E-state index contributed by atoms with van der Waals surface area (Å²) in [4.78, 5) is 43.9. The second kappa shape index (κ2) is 12.3. The molecule has 0 aliphatic carbocycles. The van der Waals surface area contributed by atoms with Crippen molar-refractivity contribution >= 4 is 50.5 Å². The van der Waals surface area contributed by atoms with Crippen LogP contribution in [0, 0.1) is 23.1 Å². The fourth-order valence-electron chi connectivity index (χ4n) is 6.71. The Labute approximate surface area is 279 Å². The Bertz CT molecular complexity index is 1920. The van der Waals surface area contributed by atoms with Crippen LogP contribution in [0.5, 0.6) is 0 Å². The van der Waals surface area contributed by atoms with E-state index in [1.54, 1.807) is 28.4 Å². The van der Waals surface area contributed by atoms with E-state index in [4.69, 9.17) is 19.8 Å². The molecule has 3 aliphatic rings. The molecule has 3 aliphatic heterocycles. The number of methoxy groups -OCH3 is 1. The number of allylic oxidation sites excluding steroid dienone is 1. The Hall–Kier alpha value is -4.39. The van der Waals surface area contributed by atoms with Crippen molar-refractivity contribution < 1.29 is 18.7 Å². The summed E-state index contributed by atoms with van der Waals surface area (Å²) < 4.78 is 20.3. The summed E-state index contributed by atoms with van der Waals surface area (Å²) in [6, 6.07) is 8.24. The molecule has 1 unspecified atom stereocenters. The summed E-state index contributed by atoms with van der Waals surface area (Å²) in [7, 11) is 5.26. The highest BCUT2D eigenvalue weighted by molar-refractivity contribution is 7.17. The van der Waals surface area contributed by atoms with Crippen molar-refractivity contribution in [1.82, 2.24) is 34.3 Å². The molecule has 0 bridgehead atoms. The third-order valence-electron chi connectivity index (χ3n) is 9.22. The minimum absolute atomic E-state index is 0.0117. The minimum atomic E-state index is -0.347. The molecule has 12 nitrogen and oxygen atoms in total. The van der Waals surface area contributed by atoms with Gasteiger partial charge in [-0.25, -0.2) is 14.4 Å². The van der Waals surface area contributed by atoms with Crippen LogP contribution in [0.1, 0.15) is 41.3 Å². The molecule has 0 saturated carbocycles. The van der Waals surface area contributed by atoms with E-state index in [1.165, 1.54) is 36.3 Å². The predicted molar refractivity (Wildman–Crippen MR) is 176 cm³/mol. The largest absolute Gasteiger partial charge is 0.469 e. The van der Waals surface area contributed by atoms with Crippen molar-refractivity contribution in [3.05, 3.63) is 57.4 Å². The van der Waals surface area contributed by atoms with E-state index in [-0.39, 0.29) is 42.2 Å². The smallest absolute Gasteiger partial charge is 0.312 e. The first-order valence-electron chi connectivity index (χ1n) is 15.5. The molecule has 244 valence electrons. The van der Waals surface area contributed by atoms with Gasteiger partial charge in [0.15, 0.2) is 10.9 Å². The number of aryl methyl sites for hydroxylation is 1. The number of hydrogen-bond acceptors (Lipinski definition) is 12. The molecule has 6 heterocycles. The van der Waals surface area contributed by atoms with Gasteiger partial charge in [0, 0.05) is 37.9 Å². The molecule has 0 radical (unpaired) electrons. The van der Waals surface area contributed by atoms with E-state index in [0.29, 0.717) is 40.8 Å². The Balaban J connectivity index is 1.13. The Morgan fingerprint density at radius 3 is 2.64 bits per heavy atom. The number of likely N-dealkylation sites (tertiary alicyclic amines) is 1. The second-order valence-electron chi connectivity index (χ2n) is 12.0. The van der Waals surface area contributed by atoms with Crippen LogP contribution in [-0.2, 0) is 20.7 Å². The van der Waals surface area contributed by atoms with E-state index < -0.39 is 0 Å². The fourth-order valence-corrected chi connectivity index (χ4v) is 8.60. The monoisotopic (exact) mass is 675 g/mol. The van der Waals surface area contributed by atoms with Crippen LogP contribution in [0.4, 0.5) is 15.3 Å². The SMILES string of the molecule is CCc1nc2sc([C@@H]3CC(N(C)CC(=O)N4CC(C(=O)OC)C4)N4CCC=C34)nn2c1N(C)c1nc(-c2ccc(F)cc2)c(C#N)s1. The number of hydrogen-bond donors (Lipinski definition) is 0. The summed E-state index contributed by atoms with van der Waals surface area (Å²) in [5, 5.41) is 16.6. The van der Waals surface area contributed by atoms with Gasteiger partial charge in [-0.15, -0.1) is 0 Å². The van der Waals surface area contributed by atoms with Crippen LogP contribution in [0.25, 0.3) is 16.2 Å².